The van der Waals surface area contributed by atoms with Crippen LogP contribution in [0.4, 0.5) is 0 Å². The molecule has 0 aliphatic heterocycles. The lowest BCUT2D eigenvalue weighted by Crippen LogP contribution is -2.18. The molecule has 42 heavy (non-hydrogen) atoms. The second-order valence-corrected chi connectivity index (χ2v) is 12.3. The molecule has 1 aliphatic rings. The lowest BCUT2D eigenvalue weighted by Gasteiger charge is -2.18. The summed E-state index contributed by atoms with van der Waals surface area (Å²) < 4.78 is 17.7. The number of para-hydroxylation sites is 3. The molecular formula is C35H25N5OS. The third kappa shape index (κ3) is 3.80. The number of hydrogen-bond acceptors (Lipinski definition) is 4. The fourth-order valence-electron chi connectivity index (χ4n) is 6.14. The Labute approximate surface area is 244 Å². The Balaban J connectivity index is 1.31. The Morgan fingerprint density at radius 1 is 0.667 bits per heavy atom. The van der Waals surface area contributed by atoms with Crippen molar-refractivity contribution in [2.45, 2.75) is 23.0 Å². The van der Waals surface area contributed by atoms with Crippen LogP contribution in [0.25, 0.3) is 55.5 Å². The van der Waals surface area contributed by atoms with E-state index in [0.717, 1.165) is 73.2 Å². The van der Waals surface area contributed by atoms with E-state index in [-0.39, 0.29) is 11.2 Å². The van der Waals surface area contributed by atoms with E-state index >= 15 is 0 Å². The van der Waals surface area contributed by atoms with Crippen molar-refractivity contribution in [3.05, 3.63) is 115 Å². The maximum absolute atomic E-state index is 13.4. The molecule has 0 bridgehead atoms. The lowest BCUT2D eigenvalue weighted by molar-refractivity contribution is 0.624. The summed E-state index contributed by atoms with van der Waals surface area (Å²) in [6.45, 7) is 0. The van der Waals surface area contributed by atoms with Crippen LogP contribution < -0.4 is 0 Å². The SMILES string of the molecule is N#CC1C=CC(S(=O)c2ccc(-n3c4ccccc4c4nc5c(nc43)c3ccccc3n5-c3ccccc3)cc2)CC1. The van der Waals surface area contributed by atoms with Crippen molar-refractivity contribution in [1.29, 1.82) is 5.26 Å². The molecule has 0 N–H and O–H groups in total. The summed E-state index contributed by atoms with van der Waals surface area (Å²) >= 11 is 0. The predicted molar refractivity (Wildman–Crippen MR) is 168 cm³/mol. The average Bonchev–Trinajstić information content (AvgIpc) is 3.56. The molecule has 1 aliphatic carbocycles. The number of benzene rings is 4. The summed E-state index contributed by atoms with van der Waals surface area (Å²) in [6.07, 6.45) is 5.34. The predicted octanol–water partition coefficient (Wildman–Crippen LogP) is 7.64. The molecule has 7 aromatic rings. The number of fused-ring (bicyclic) bond motifs is 6. The van der Waals surface area contributed by atoms with Gasteiger partial charge < -0.3 is 0 Å². The topological polar surface area (TPSA) is 76.5 Å². The smallest absolute Gasteiger partial charge is 0.165 e. The molecular weight excluding hydrogens is 538 g/mol. The van der Waals surface area contributed by atoms with E-state index in [1.807, 2.05) is 78.9 Å². The van der Waals surface area contributed by atoms with Gasteiger partial charge in [-0.2, -0.15) is 5.26 Å². The van der Waals surface area contributed by atoms with Gasteiger partial charge in [0.1, 0.15) is 11.0 Å². The maximum atomic E-state index is 13.4. The molecule has 4 aromatic carbocycles. The fourth-order valence-corrected chi connectivity index (χ4v) is 7.48. The summed E-state index contributed by atoms with van der Waals surface area (Å²) in [7, 11) is -1.18. The molecule has 6 nitrogen and oxygen atoms in total. The second-order valence-electron chi connectivity index (χ2n) is 10.6. The molecule has 0 fully saturated rings. The van der Waals surface area contributed by atoms with Crippen LogP contribution in [0.3, 0.4) is 0 Å². The zero-order chi connectivity index (χ0) is 28.2. The summed E-state index contributed by atoms with van der Waals surface area (Å²) in [5, 5.41) is 11.2. The largest absolute Gasteiger partial charge is 0.293 e. The minimum absolute atomic E-state index is 0.0743. The zero-order valence-electron chi connectivity index (χ0n) is 22.6. The Morgan fingerprint density at radius 2 is 1.21 bits per heavy atom. The van der Waals surface area contributed by atoms with Crippen molar-refractivity contribution >= 4 is 54.9 Å². The highest BCUT2D eigenvalue weighted by molar-refractivity contribution is 7.85. The fraction of sp³-hybridized carbons (Fsp3) is 0.114. The van der Waals surface area contributed by atoms with E-state index in [9.17, 15) is 9.47 Å². The molecule has 0 saturated carbocycles. The van der Waals surface area contributed by atoms with Gasteiger partial charge in [0.15, 0.2) is 11.3 Å². The van der Waals surface area contributed by atoms with E-state index < -0.39 is 10.8 Å². The molecule has 3 unspecified atom stereocenters. The van der Waals surface area contributed by atoms with Crippen molar-refractivity contribution in [3.63, 3.8) is 0 Å². The monoisotopic (exact) mass is 563 g/mol. The molecule has 7 heteroatoms. The first-order valence-electron chi connectivity index (χ1n) is 14.1. The minimum atomic E-state index is -1.18. The molecule has 8 rings (SSSR count). The first kappa shape index (κ1) is 24.7. The van der Waals surface area contributed by atoms with Gasteiger partial charge in [-0.15, -0.1) is 0 Å². The Kier molecular flexibility index (Phi) is 5.76. The van der Waals surface area contributed by atoms with Gasteiger partial charge in [-0.05, 0) is 61.4 Å². The van der Waals surface area contributed by atoms with Gasteiger partial charge in [0.05, 0.1) is 39.1 Å². The van der Waals surface area contributed by atoms with Crippen LogP contribution in [0.5, 0.6) is 0 Å². The number of allylic oxidation sites excluding steroid dienone is 1. The zero-order valence-corrected chi connectivity index (χ0v) is 23.4. The number of nitriles is 1. The van der Waals surface area contributed by atoms with Gasteiger partial charge in [0.2, 0.25) is 0 Å². The molecule has 3 atom stereocenters. The van der Waals surface area contributed by atoms with Gasteiger partial charge >= 0.3 is 0 Å². The van der Waals surface area contributed by atoms with Crippen molar-refractivity contribution in [1.82, 2.24) is 19.1 Å². The summed E-state index contributed by atoms with van der Waals surface area (Å²) in [6, 6.07) is 37.1. The molecule has 0 radical (unpaired) electrons. The van der Waals surface area contributed by atoms with E-state index in [1.165, 1.54) is 0 Å². The summed E-state index contributed by atoms with van der Waals surface area (Å²) in [5.41, 5.74) is 7.35. The highest BCUT2D eigenvalue weighted by Gasteiger charge is 2.23. The van der Waals surface area contributed by atoms with Gasteiger partial charge in [-0.1, -0.05) is 66.7 Å². The number of rotatable bonds is 4. The minimum Gasteiger partial charge on any atom is -0.293 e. The summed E-state index contributed by atoms with van der Waals surface area (Å²) in [4.78, 5) is 11.4. The van der Waals surface area contributed by atoms with Gasteiger partial charge in [0.25, 0.3) is 0 Å². The molecule has 0 amide bonds. The number of hydrogen-bond donors (Lipinski definition) is 0. The van der Waals surface area contributed by atoms with Gasteiger partial charge in [0, 0.05) is 27.0 Å². The van der Waals surface area contributed by atoms with Crippen molar-refractivity contribution in [3.8, 4) is 17.4 Å². The molecule has 3 heterocycles. The highest BCUT2D eigenvalue weighted by Crippen LogP contribution is 2.36. The van der Waals surface area contributed by atoms with Crippen molar-refractivity contribution in [2.24, 2.45) is 5.92 Å². The van der Waals surface area contributed by atoms with Crippen LogP contribution in [0.2, 0.25) is 0 Å². The second kappa shape index (κ2) is 9.79. The van der Waals surface area contributed by atoms with Crippen LogP contribution in [0.1, 0.15) is 12.8 Å². The van der Waals surface area contributed by atoms with E-state index in [4.69, 9.17) is 9.97 Å². The third-order valence-electron chi connectivity index (χ3n) is 8.19. The number of nitrogens with zero attached hydrogens (tertiary/aromatic N) is 5. The summed E-state index contributed by atoms with van der Waals surface area (Å²) in [5.74, 6) is -0.0785. The highest BCUT2D eigenvalue weighted by atomic mass is 32.2. The molecule has 0 spiro atoms. The van der Waals surface area contributed by atoms with Gasteiger partial charge in [-0.25, -0.2) is 9.97 Å². The Hall–Kier alpha value is -5.06. The van der Waals surface area contributed by atoms with Crippen LogP contribution in [-0.4, -0.2) is 28.6 Å². The van der Waals surface area contributed by atoms with E-state index in [1.54, 1.807) is 0 Å². The van der Waals surface area contributed by atoms with Crippen LogP contribution in [0, 0.1) is 17.2 Å². The Morgan fingerprint density at radius 3 is 1.76 bits per heavy atom. The first-order chi connectivity index (χ1) is 20.7. The normalized spacial score (nSPS) is 17.7. The van der Waals surface area contributed by atoms with Crippen LogP contribution >= 0.6 is 0 Å². The van der Waals surface area contributed by atoms with Crippen molar-refractivity contribution in [2.75, 3.05) is 0 Å². The van der Waals surface area contributed by atoms with Gasteiger partial charge in [-0.3, -0.25) is 13.3 Å². The quantitative estimate of drug-likeness (QED) is 0.206. The number of aromatic nitrogens is 4. The third-order valence-corrected chi connectivity index (χ3v) is 9.87. The van der Waals surface area contributed by atoms with Crippen LogP contribution in [0.15, 0.2) is 120 Å². The van der Waals surface area contributed by atoms with Crippen molar-refractivity contribution < 1.29 is 4.21 Å². The van der Waals surface area contributed by atoms with E-state index in [0.29, 0.717) is 0 Å². The van der Waals surface area contributed by atoms with E-state index in [2.05, 4.69) is 51.6 Å². The molecule has 0 saturated heterocycles. The standard InChI is InChI=1S/C35H25N5OS/c36-22-23-14-18-26(19-15-23)42(41)27-20-16-25(17-21-27)40-31-13-7-5-11-29(31)33-35(40)38-32-28-10-4-6-12-30(28)39(34(32)37-33)24-8-2-1-3-9-24/h1-14,16-18,20-21,23,26H,15,19H2. The lowest BCUT2D eigenvalue weighted by atomic mass is 9.97. The average molecular weight is 564 g/mol. The first-order valence-corrected chi connectivity index (χ1v) is 15.3. The molecule has 202 valence electrons. The van der Waals surface area contributed by atoms with Crippen LogP contribution in [-0.2, 0) is 10.8 Å². The molecule has 3 aromatic heterocycles. The maximum Gasteiger partial charge on any atom is 0.165 e. The Bertz CT molecular complexity index is 2240.